The number of aliphatic hydroxyl groups is 2. The zero-order valence-electron chi connectivity index (χ0n) is 18.8. The summed E-state index contributed by atoms with van der Waals surface area (Å²) >= 11 is 0. The van der Waals surface area contributed by atoms with Crippen molar-refractivity contribution >= 4 is 17.0 Å². The predicted molar refractivity (Wildman–Crippen MR) is 131 cm³/mol. The summed E-state index contributed by atoms with van der Waals surface area (Å²) in [5, 5.41) is 23.9. The first kappa shape index (κ1) is 22.8. The molecule has 8 nitrogen and oxygen atoms in total. The van der Waals surface area contributed by atoms with E-state index >= 15 is 0 Å². The third kappa shape index (κ3) is 4.53. The Balaban J connectivity index is 1.15. The van der Waals surface area contributed by atoms with E-state index in [0.29, 0.717) is 16.5 Å². The summed E-state index contributed by atoms with van der Waals surface area (Å²) in [5.74, 6) is -0.0360. The number of fused-ring (bicyclic) bond motifs is 4. The Morgan fingerprint density at radius 2 is 1.71 bits per heavy atom. The molecule has 0 bridgehead atoms. The second kappa shape index (κ2) is 9.69. The highest BCUT2D eigenvalue weighted by molar-refractivity contribution is 5.79. The fraction of sp³-hybridized carbons (Fsp3) is 0.222. The van der Waals surface area contributed by atoms with Crippen LogP contribution in [-0.2, 0) is 4.74 Å². The normalized spacial score (nSPS) is 14.2. The van der Waals surface area contributed by atoms with Crippen LogP contribution in [0.4, 0.5) is 4.79 Å². The van der Waals surface area contributed by atoms with Crippen molar-refractivity contribution in [1.82, 2.24) is 15.3 Å². The highest BCUT2D eigenvalue weighted by Crippen LogP contribution is 2.44. The summed E-state index contributed by atoms with van der Waals surface area (Å²) in [4.78, 5) is 30.8. The molecule has 0 spiro atoms. The van der Waals surface area contributed by atoms with Crippen molar-refractivity contribution in [3.63, 3.8) is 0 Å². The Hall–Kier alpha value is -4.01. The topological polar surface area (TPSA) is 125 Å². The van der Waals surface area contributed by atoms with Crippen LogP contribution in [0.15, 0.2) is 77.9 Å². The van der Waals surface area contributed by atoms with E-state index in [0.717, 1.165) is 22.3 Å². The number of carbonyl (C=O) groups is 1. The van der Waals surface area contributed by atoms with Gasteiger partial charge in [-0.25, -0.2) is 9.78 Å². The van der Waals surface area contributed by atoms with E-state index in [9.17, 15) is 19.8 Å². The van der Waals surface area contributed by atoms with Crippen molar-refractivity contribution in [3.8, 4) is 11.1 Å². The number of ether oxygens (including phenoxy) is 1. The van der Waals surface area contributed by atoms with Gasteiger partial charge in [0.05, 0.1) is 23.3 Å². The Kier molecular flexibility index (Phi) is 6.31. The quantitative estimate of drug-likeness (QED) is 0.328. The van der Waals surface area contributed by atoms with Gasteiger partial charge in [0.2, 0.25) is 0 Å². The average Bonchev–Trinajstić information content (AvgIpc) is 3.21. The maximum absolute atomic E-state index is 12.3. The standard InChI is InChI=1S/C27H25N3O5/c31-24(25(32)16-9-10-23-21(13-16)26(33)30-15-29-23)11-12-28-27(34)35-14-22-19-7-3-1-5-17(19)18-6-2-4-8-20(18)22/h1-10,13,15,22,24-25,31-32H,11-12,14H2,(H,28,34)(H,29,30,33). The van der Waals surface area contributed by atoms with Crippen molar-refractivity contribution in [3.05, 3.63) is 100 Å². The van der Waals surface area contributed by atoms with E-state index in [1.54, 1.807) is 12.1 Å². The van der Waals surface area contributed by atoms with Gasteiger partial charge in [0.25, 0.3) is 5.56 Å². The number of aromatic nitrogens is 2. The number of carbonyl (C=O) groups excluding carboxylic acids is 1. The lowest BCUT2D eigenvalue weighted by atomic mass is 9.98. The largest absolute Gasteiger partial charge is 0.449 e. The molecular weight excluding hydrogens is 446 g/mol. The summed E-state index contributed by atoms with van der Waals surface area (Å²) in [6, 6.07) is 20.9. The molecule has 0 saturated carbocycles. The first-order chi connectivity index (χ1) is 17.0. The SMILES string of the molecule is O=C(NCCC(O)C(O)c1ccc2nc[nH]c(=O)c2c1)OCC1c2ccccc2-c2ccccc21. The lowest BCUT2D eigenvalue weighted by Crippen LogP contribution is -2.30. The number of hydrogen-bond acceptors (Lipinski definition) is 6. The predicted octanol–water partition coefficient (Wildman–Crippen LogP) is 3.25. The smallest absolute Gasteiger partial charge is 0.407 e. The first-order valence-electron chi connectivity index (χ1n) is 11.5. The molecule has 1 heterocycles. The van der Waals surface area contributed by atoms with Gasteiger partial charge in [-0.05, 0) is 46.4 Å². The minimum absolute atomic E-state index is 0.0360. The van der Waals surface area contributed by atoms with Crippen LogP contribution in [0.1, 0.15) is 35.1 Å². The summed E-state index contributed by atoms with van der Waals surface area (Å²) < 4.78 is 5.49. The first-order valence-corrected chi connectivity index (χ1v) is 11.5. The van der Waals surface area contributed by atoms with Crippen LogP contribution in [-0.4, -0.2) is 45.5 Å². The van der Waals surface area contributed by atoms with Crippen molar-refractivity contribution < 1.29 is 19.7 Å². The Morgan fingerprint density at radius 1 is 1.03 bits per heavy atom. The van der Waals surface area contributed by atoms with Crippen LogP contribution in [0.3, 0.4) is 0 Å². The van der Waals surface area contributed by atoms with Crippen LogP contribution in [0.25, 0.3) is 22.0 Å². The number of aromatic amines is 1. The molecule has 4 aromatic rings. The number of rotatable bonds is 7. The van der Waals surface area contributed by atoms with Crippen molar-refractivity contribution in [2.75, 3.05) is 13.2 Å². The van der Waals surface area contributed by atoms with Crippen LogP contribution in [0.5, 0.6) is 0 Å². The fourth-order valence-electron chi connectivity index (χ4n) is 4.62. The number of nitrogens with one attached hydrogen (secondary N) is 2. The van der Waals surface area contributed by atoms with Gasteiger partial charge >= 0.3 is 6.09 Å². The molecule has 1 aliphatic carbocycles. The molecule has 0 aliphatic heterocycles. The summed E-state index contributed by atoms with van der Waals surface area (Å²) in [6.45, 7) is 0.315. The van der Waals surface area contributed by atoms with Gasteiger partial charge in [-0.15, -0.1) is 0 Å². The molecule has 2 unspecified atom stereocenters. The minimum atomic E-state index is -1.22. The minimum Gasteiger partial charge on any atom is -0.449 e. The van der Waals surface area contributed by atoms with Crippen molar-refractivity contribution in [1.29, 1.82) is 0 Å². The zero-order valence-corrected chi connectivity index (χ0v) is 18.8. The number of hydrogen-bond donors (Lipinski definition) is 4. The van der Waals surface area contributed by atoms with Gasteiger partial charge in [-0.2, -0.15) is 0 Å². The molecule has 1 aromatic heterocycles. The molecule has 0 saturated heterocycles. The summed E-state index contributed by atoms with van der Waals surface area (Å²) in [7, 11) is 0. The van der Waals surface area contributed by atoms with Crippen LogP contribution >= 0.6 is 0 Å². The maximum atomic E-state index is 12.3. The molecule has 4 N–H and O–H groups in total. The fourth-order valence-corrected chi connectivity index (χ4v) is 4.62. The molecule has 3 aromatic carbocycles. The molecule has 35 heavy (non-hydrogen) atoms. The van der Waals surface area contributed by atoms with E-state index in [1.165, 1.54) is 12.4 Å². The molecule has 1 aliphatic rings. The van der Waals surface area contributed by atoms with Gasteiger partial charge in [0, 0.05) is 12.5 Å². The third-order valence-corrected chi connectivity index (χ3v) is 6.42. The Labute approximate surface area is 201 Å². The average molecular weight is 472 g/mol. The lowest BCUT2D eigenvalue weighted by molar-refractivity contribution is 0.0137. The maximum Gasteiger partial charge on any atom is 0.407 e. The van der Waals surface area contributed by atoms with Crippen LogP contribution in [0, 0.1) is 0 Å². The number of amides is 1. The third-order valence-electron chi connectivity index (χ3n) is 6.42. The number of nitrogens with zero attached hydrogens (tertiary/aromatic N) is 1. The van der Waals surface area contributed by atoms with Gasteiger partial charge < -0.3 is 25.3 Å². The molecule has 0 radical (unpaired) electrons. The number of aliphatic hydroxyl groups excluding tert-OH is 2. The van der Waals surface area contributed by atoms with E-state index in [-0.39, 0.29) is 31.0 Å². The lowest BCUT2D eigenvalue weighted by Gasteiger charge is -2.19. The second-order valence-corrected chi connectivity index (χ2v) is 8.56. The van der Waals surface area contributed by atoms with E-state index < -0.39 is 18.3 Å². The molecule has 178 valence electrons. The zero-order chi connectivity index (χ0) is 24.4. The van der Waals surface area contributed by atoms with Crippen molar-refractivity contribution in [2.45, 2.75) is 24.5 Å². The van der Waals surface area contributed by atoms with Gasteiger partial charge in [0.15, 0.2) is 0 Å². The highest BCUT2D eigenvalue weighted by atomic mass is 16.5. The van der Waals surface area contributed by atoms with Crippen molar-refractivity contribution in [2.24, 2.45) is 0 Å². The summed E-state index contributed by atoms with van der Waals surface area (Å²) in [5.41, 5.74) is 5.13. The summed E-state index contributed by atoms with van der Waals surface area (Å²) in [6.07, 6.45) is -1.53. The highest BCUT2D eigenvalue weighted by Gasteiger charge is 2.29. The number of H-pyrrole nitrogens is 1. The van der Waals surface area contributed by atoms with Crippen LogP contribution in [0.2, 0.25) is 0 Å². The van der Waals surface area contributed by atoms with E-state index in [1.807, 2.05) is 24.3 Å². The van der Waals surface area contributed by atoms with Crippen LogP contribution < -0.4 is 10.9 Å². The van der Waals surface area contributed by atoms with Gasteiger partial charge in [0.1, 0.15) is 12.7 Å². The van der Waals surface area contributed by atoms with Gasteiger partial charge in [-0.3, -0.25) is 4.79 Å². The molecular formula is C27H25N3O5. The molecule has 5 rings (SSSR count). The van der Waals surface area contributed by atoms with E-state index in [2.05, 4.69) is 39.6 Å². The monoisotopic (exact) mass is 471 g/mol. The molecule has 2 atom stereocenters. The number of alkyl carbamates (subject to hydrolysis) is 1. The Bertz CT molecular complexity index is 1390. The number of benzene rings is 3. The van der Waals surface area contributed by atoms with E-state index in [4.69, 9.17) is 4.74 Å². The molecule has 0 fully saturated rings. The van der Waals surface area contributed by atoms with Gasteiger partial charge in [-0.1, -0.05) is 54.6 Å². The molecule has 8 heteroatoms. The second-order valence-electron chi connectivity index (χ2n) is 8.56. The Morgan fingerprint density at radius 3 is 2.43 bits per heavy atom. The molecule has 1 amide bonds.